The predicted molar refractivity (Wildman–Crippen MR) is 129 cm³/mol. The van der Waals surface area contributed by atoms with Gasteiger partial charge in [-0.2, -0.15) is 0 Å². The molecule has 0 aliphatic carbocycles. The van der Waals surface area contributed by atoms with Crippen LogP contribution in [0.4, 0.5) is 5.82 Å². The van der Waals surface area contributed by atoms with Crippen LogP contribution in [0.15, 0.2) is 34.6 Å². The number of carboxylic acid groups (broad SMARTS) is 1. The lowest BCUT2D eigenvalue weighted by Crippen LogP contribution is -2.38. The first-order valence-electron chi connectivity index (χ1n) is 11.0. The summed E-state index contributed by atoms with van der Waals surface area (Å²) in [7, 11) is 0. The lowest BCUT2D eigenvalue weighted by Gasteiger charge is -2.29. The zero-order valence-electron chi connectivity index (χ0n) is 19.1. The summed E-state index contributed by atoms with van der Waals surface area (Å²) < 4.78 is 6.89. The van der Waals surface area contributed by atoms with Crippen molar-refractivity contribution in [2.24, 2.45) is 0 Å². The van der Waals surface area contributed by atoms with E-state index in [0.717, 1.165) is 35.2 Å². The van der Waals surface area contributed by atoms with Gasteiger partial charge in [0, 0.05) is 42.6 Å². The highest BCUT2D eigenvalue weighted by atomic mass is 32.1. The van der Waals surface area contributed by atoms with E-state index < -0.39 is 5.97 Å². The molecule has 1 saturated heterocycles. The van der Waals surface area contributed by atoms with Gasteiger partial charge in [-0.15, -0.1) is 11.3 Å². The van der Waals surface area contributed by atoms with Crippen molar-refractivity contribution in [2.75, 3.05) is 31.2 Å². The number of fused-ring (bicyclic) bond motifs is 1. The van der Waals surface area contributed by atoms with Crippen LogP contribution < -0.4 is 10.5 Å². The van der Waals surface area contributed by atoms with Gasteiger partial charge in [-0.3, -0.25) is 9.20 Å². The van der Waals surface area contributed by atoms with Gasteiger partial charge in [-0.25, -0.2) is 14.8 Å². The molecule has 1 aliphatic rings. The van der Waals surface area contributed by atoms with Gasteiger partial charge in [0.05, 0.1) is 29.5 Å². The Labute approximate surface area is 196 Å². The number of aliphatic carboxylic acids is 1. The first-order chi connectivity index (χ1) is 15.7. The smallest absolute Gasteiger partial charge is 0.328 e. The zero-order chi connectivity index (χ0) is 23.6. The highest BCUT2D eigenvalue weighted by Crippen LogP contribution is 2.25. The van der Waals surface area contributed by atoms with Crippen molar-refractivity contribution in [3.8, 4) is 0 Å². The van der Waals surface area contributed by atoms with Gasteiger partial charge in [-0.05, 0) is 30.2 Å². The third kappa shape index (κ3) is 5.31. The van der Waals surface area contributed by atoms with Crippen molar-refractivity contribution in [1.82, 2.24) is 14.4 Å². The van der Waals surface area contributed by atoms with Crippen molar-refractivity contribution in [2.45, 2.75) is 39.0 Å². The minimum Gasteiger partial charge on any atom is -0.478 e. The Morgan fingerprint density at radius 2 is 2.00 bits per heavy atom. The molecule has 1 fully saturated rings. The third-order valence-corrected chi connectivity index (χ3v) is 6.47. The van der Waals surface area contributed by atoms with Gasteiger partial charge in [0.15, 0.2) is 0 Å². The van der Waals surface area contributed by atoms with Gasteiger partial charge >= 0.3 is 5.97 Å². The average Bonchev–Trinajstić information content (AvgIpc) is 3.27. The second kappa shape index (κ2) is 9.44. The first-order valence-corrected chi connectivity index (χ1v) is 11.8. The van der Waals surface area contributed by atoms with Crippen LogP contribution in [-0.2, 0) is 27.8 Å². The molecule has 3 aromatic rings. The number of aryl methyl sites for hydroxylation is 2. The normalized spacial score (nSPS) is 14.9. The number of aromatic nitrogens is 3. The number of carbonyl (C=O) groups is 1. The maximum atomic E-state index is 13.2. The Kier molecular flexibility index (Phi) is 6.62. The first kappa shape index (κ1) is 23.1. The third-order valence-electron chi connectivity index (χ3n) is 5.56. The van der Waals surface area contributed by atoms with Crippen LogP contribution in [-0.4, -0.2) is 51.7 Å². The summed E-state index contributed by atoms with van der Waals surface area (Å²) in [5, 5.41) is 12.3. The number of pyridine rings is 1. The van der Waals surface area contributed by atoms with Crippen LogP contribution in [0.25, 0.3) is 11.7 Å². The molecule has 4 heterocycles. The Morgan fingerprint density at radius 3 is 2.67 bits per heavy atom. The standard InChI is InChI=1S/C24H28N4O4S/c1-24(2,3)18-15-33-20(25-18)6-4-16-8-9-28-19(14-16)26-22(27-10-12-32-13-11-27)17(23(28)31)5-7-21(29)30/h5,7-9,14-15H,4,6,10-13H2,1-3H3,(H,29,30)/b7-5+. The van der Waals surface area contributed by atoms with Crippen molar-refractivity contribution in [3.05, 3.63) is 62.0 Å². The SMILES string of the molecule is CC(C)(C)c1csc(CCc2ccn3c(=O)c(/C=C/C(=O)O)c(N4CCOCC4)nc3c2)n1. The van der Waals surface area contributed by atoms with E-state index in [-0.39, 0.29) is 16.5 Å². The monoisotopic (exact) mass is 468 g/mol. The van der Waals surface area contributed by atoms with Crippen molar-refractivity contribution >= 4 is 34.8 Å². The largest absolute Gasteiger partial charge is 0.478 e. The summed E-state index contributed by atoms with van der Waals surface area (Å²) in [6.45, 7) is 8.73. The number of thiazole rings is 1. The van der Waals surface area contributed by atoms with Crippen LogP contribution in [0, 0.1) is 0 Å². The molecule has 174 valence electrons. The van der Waals surface area contributed by atoms with E-state index in [1.54, 1.807) is 17.5 Å². The van der Waals surface area contributed by atoms with Gasteiger partial charge in [-0.1, -0.05) is 20.8 Å². The number of hydrogen-bond donors (Lipinski definition) is 1. The van der Waals surface area contributed by atoms with Crippen molar-refractivity contribution in [1.29, 1.82) is 0 Å². The fourth-order valence-electron chi connectivity index (χ4n) is 3.68. The summed E-state index contributed by atoms with van der Waals surface area (Å²) in [6.07, 6.45) is 5.62. The lowest BCUT2D eigenvalue weighted by molar-refractivity contribution is -0.131. The molecule has 8 nitrogen and oxygen atoms in total. The van der Waals surface area contributed by atoms with Crippen molar-refractivity contribution < 1.29 is 14.6 Å². The maximum Gasteiger partial charge on any atom is 0.328 e. The summed E-state index contributed by atoms with van der Waals surface area (Å²) in [4.78, 5) is 35.8. The molecule has 1 aliphatic heterocycles. The molecule has 0 radical (unpaired) electrons. The molecule has 0 aromatic carbocycles. The molecule has 1 N–H and O–H groups in total. The number of morpholine rings is 1. The summed E-state index contributed by atoms with van der Waals surface area (Å²) >= 11 is 1.68. The molecule has 0 spiro atoms. The van der Waals surface area contributed by atoms with E-state index in [2.05, 4.69) is 26.2 Å². The zero-order valence-corrected chi connectivity index (χ0v) is 19.9. The molecule has 0 atom stereocenters. The number of carboxylic acids is 1. The molecule has 3 aromatic heterocycles. The number of rotatable bonds is 6. The summed E-state index contributed by atoms with van der Waals surface area (Å²) in [5.74, 6) is -0.618. The van der Waals surface area contributed by atoms with E-state index in [9.17, 15) is 9.59 Å². The molecular weight excluding hydrogens is 440 g/mol. The number of hydrogen-bond acceptors (Lipinski definition) is 7. The minimum atomic E-state index is -1.11. The highest BCUT2D eigenvalue weighted by molar-refractivity contribution is 7.09. The highest BCUT2D eigenvalue weighted by Gasteiger charge is 2.20. The summed E-state index contributed by atoms with van der Waals surface area (Å²) in [6, 6.07) is 3.84. The topological polar surface area (TPSA) is 97.0 Å². The van der Waals surface area contributed by atoms with E-state index in [4.69, 9.17) is 19.8 Å². The fraction of sp³-hybridized carbons (Fsp3) is 0.417. The molecule has 33 heavy (non-hydrogen) atoms. The lowest BCUT2D eigenvalue weighted by atomic mass is 9.93. The van der Waals surface area contributed by atoms with Crippen LogP contribution in [0.5, 0.6) is 0 Å². The molecule has 0 bridgehead atoms. The molecule has 0 saturated carbocycles. The van der Waals surface area contributed by atoms with E-state index in [1.807, 2.05) is 17.0 Å². The number of anilines is 1. The molecule has 9 heteroatoms. The Bertz CT molecular complexity index is 1250. The second-order valence-electron chi connectivity index (χ2n) is 9.06. The fourth-order valence-corrected chi connectivity index (χ4v) is 4.70. The van der Waals surface area contributed by atoms with Crippen LogP contribution in [0.1, 0.15) is 42.6 Å². The minimum absolute atomic E-state index is 0.0332. The van der Waals surface area contributed by atoms with Gasteiger partial charge in [0.25, 0.3) is 5.56 Å². The van der Waals surface area contributed by atoms with E-state index in [0.29, 0.717) is 37.8 Å². The van der Waals surface area contributed by atoms with Crippen LogP contribution >= 0.6 is 11.3 Å². The molecular formula is C24H28N4O4S. The summed E-state index contributed by atoms with van der Waals surface area (Å²) in [5.41, 5.74) is 2.72. The Morgan fingerprint density at radius 1 is 1.24 bits per heavy atom. The van der Waals surface area contributed by atoms with Gasteiger partial charge in [0.1, 0.15) is 11.5 Å². The van der Waals surface area contributed by atoms with E-state index >= 15 is 0 Å². The van der Waals surface area contributed by atoms with Crippen LogP contribution in [0.3, 0.4) is 0 Å². The predicted octanol–water partition coefficient (Wildman–Crippen LogP) is 3.17. The Balaban J connectivity index is 1.66. The average molecular weight is 469 g/mol. The molecule has 4 rings (SSSR count). The number of nitrogens with zero attached hydrogens (tertiary/aromatic N) is 4. The Hall–Kier alpha value is -3.04. The maximum absolute atomic E-state index is 13.2. The molecule has 0 amide bonds. The number of ether oxygens (including phenoxy) is 1. The van der Waals surface area contributed by atoms with Gasteiger partial charge < -0.3 is 14.7 Å². The van der Waals surface area contributed by atoms with E-state index in [1.165, 1.54) is 10.5 Å². The van der Waals surface area contributed by atoms with Crippen molar-refractivity contribution in [3.63, 3.8) is 0 Å². The second-order valence-corrected chi connectivity index (χ2v) is 10.0. The molecule has 0 unspecified atom stereocenters. The quantitative estimate of drug-likeness (QED) is 0.555. The van der Waals surface area contributed by atoms with Gasteiger partial charge in [0.2, 0.25) is 0 Å². The van der Waals surface area contributed by atoms with Crippen LogP contribution in [0.2, 0.25) is 0 Å².